The fourth-order valence-electron chi connectivity index (χ4n) is 4.55. The third-order valence-corrected chi connectivity index (χ3v) is 6.29. The van der Waals surface area contributed by atoms with Gasteiger partial charge in [-0.3, -0.25) is 9.78 Å². The summed E-state index contributed by atoms with van der Waals surface area (Å²) in [5.74, 6) is -0.938. The lowest BCUT2D eigenvalue weighted by molar-refractivity contribution is -0.137. The second-order valence-corrected chi connectivity index (χ2v) is 8.72. The molecule has 1 aliphatic heterocycles. The monoisotopic (exact) mass is 475 g/mol. The summed E-state index contributed by atoms with van der Waals surface area (Å²) in [7, 11) is 0. The van der Waals surface area contributed by atoms with Crippen LogP contribution in [0.15, 0.2) is 42.9 Å². The van der Waals surface area contributed by atoms with Gasteiger partial charge in [0.05, 0.1) is 18.0 Å². The molecule has 1 saturated heterocycles. The van der Waals surface area contributed by atoms with Gasteiger partial charge in [0, 0.05) is 24.5 Å². The summed E-state index contributed by atoms with van der Waals surface area (Å²) in [6.07, 6.45) is 1.90. The van der Waals surface area contributed by atoms with Gasteiger partial charge in [0.2, 0.25) is 0 Å². The quantitative estimate of drug-likeness (QED) is 0.487. The maximum absolute atomic E-state index is 15.1. The van der Waals surface area contributed by atoms with E-state index in [9.17, 15) is 18.0 Å². The summed E-state index contributed by atoms with van der Waals surface area (Å²) >= 11 is 0. The number of rotatable bonds is 5. The maximum Gasteiger partial charge on any atom is 0.417 e. The molecule has 10 heteroatoms. The van der Waals surface area contributed by atoms with Gasteiger partial charge in [-0.2, -0.15) is 28.2 Å². The summed E-state index contributed by atoms with van der Waals surface area (Å²) in [6, 6.07) is 5.16. The van der Waals surface area contributed by atoms with Crippen molar-refractivity contribution in [1.29, 1.82) is 0 Å². The molecule has 34 heavy (non-hydrogen) atoms. The van der Waals surface area contributed by atoms with E-state index in [1.54, 1.807) is 17.9 Å². The topological polar surface area (TPSA) is 63.9 Å². The average Bonchev–Trinajstić information content (AvgIpc) is 3.32. The van der Waals surface area contributed by atoms with E-state index in [2.05, 4.69) is 15.2 Å². The molecule has 0 N–H and O–H groups in total. The van der Waals surface area contributed by atoms with Crippen molar-refractivity contribution in [2.45, 2.75) is 51.7 Å². The molecule has 3 aromatic rings. The summed E-state index contributed by atoms with van der Waals surface area (Å²) in [6.45, 7) is 4.23. The van der Waals surface area contributed by atoms with E-state index in [-0.39, 0.29) is 23.2 Å². The van der Waals surface area contributed by atoms with Crippen molar-refractivity contribution in [3.63, 3.8) is 0 Å². The van der Waals surface area contributed by atoms with Crippen molar-refractivity contribution in [2.75, 3.05) is 6.54 Å². The van der Waals surface area contributed by atoms with E-state index >= 15 is 4.39 Å². The first-order valence-electron chi connectivity index (χ1n) is 11.1. The first kappa shape index (κ1) is 23.8. The average molecular weight is 475 g/mol. The van der Waals surface area contributed by atoms with Crippen molar-refractivity contribution in [3.8, 4) is 5.69 Å². The van der Waals surface area contributed by atoms with E-state index < -0.39 is 23.5 Å². The Morgan fingerprint density at radius 1 is 1.18 bits per heavy atom. The number of aromatic nitrogens is 4. The zero-order valence-corrected chi connectivity index (χ0v) is 18.9. The Labute approximate surface area is 194 Å². The second kappa shape index (κ2) is 9.52. The zero-order chi connectivity index (χ0) is 24.5. The molecule has 0 spiro atoms. The maximum atomic E-state index is 15.1. The number of hydrogen-bond acceptors (Lipinski definition) is 4. The number of pyridine rings is 1. The third-order valence-electron chi connectivity index (χ3n) is 6.29. The lowest BCUT2D eigenvalue weighted by atomic mass is 9.86. The Bertz CT molecular complexity index is 1150. The van der Waals surface area contributed by atoms with Gasteiger partial charge in [-0.05, 0) is 68.4 Å². The van der Waals surface area contributed by atoms with Crippen LogP contribution < -0.4 is 0 Å². The van der Waals surface area contributed by atoms with Crippen LogP contribution in [0.1, 0.15) is 53.4 Å². The molecule has 3 heterocycles. The van der Waals surface area contributed by atoms with Gasteiger partial charge in [0.25, 0.3) is 5.91 Å². The van der Waals surface area contributed by atoms with Gasteiger partial charge in [0.15, 0.2) is 0 Å². The number of aryl methyl sites for hydroxylation is 2. The van der Waals surface area contributed by atoms with Crippen LogP contribution in [0.25, 0.3) is 5.69 Å². The van der Waals surface area contributed by atoms with Gasteiger partial charge >= 0.3 is 6.18 Å². The Balaban J connectivity index is 1.59. The number of benzene rings is 1. The van der Waals surface area contributed by atoms with Gasteiger partial charge in [-0.15, -0.1) is 0 Å². The Morgan fingerprint density at radius 3 is 2.56 bits per heavy atom. The molecule has 2 aromatic heterocycles. The largest absolute Gasteiger partial charge is 0.417 e. The Morgan fingerprint density at radius 2 is 1.91 bits per heavy atom. The van der Waals surface area contributed by atoms with Crippen LogP contribution in [0, 0.1) is 18.7 Å². The third kappa shape index (κ3) is 4.95. The number of piperidine rings is 1. The molecule has 6 nitrogen and oxygen atoms in total. The molecule has 1 aromatic carbocycles. The Kier molecular flexibility index (Phi) is 6.67. The highest BCUT2D eigenvalue weighted by Gasteiger charge is 2.35. The summed E-state index contributed by atoms with van der Waals surface area (Å²) in [4.78, 5) is 20.5. The predicted octanol–water partition coefficient (Wildman–Crippen LogP) is 5.00. The molecule has 4 rings (SSSR count). The van der Waals surface area contributed by atoms with E-state index in [1.165, 1.54) is 29.3 Å². The normalized spacial score (nSPS) is 18.8. The van der Waals surface area contributed by atoms with Crippen LogP contribution in [-0.4, -0.2) is 43.4 Å². The molecule has 0 saturated carbocycles. The zero-order valence-electron chi connectivity index (χ0n) is 18.9. The fraction of sp³-hybridized carbons (Fsp3) is 0.417. The van der Waals surface area contributed by atoms with Gasteiger partial charge < -0.3 is 4.90 Å². The van der Waals surface area contributed by atoms with Gasteiger partial charge in [-0.1, -0.05) is 6.92 Å². The van der Waals surface area contributed by atoms with Crippen molar-refractivity contribution < 1.29 is 22.4 Å². The summed E-state index contributed by atoms with van der Waals surface area (Å²) in [5.41, 5.74) is 0.538. The predicted molar refractivity (Wildman–Crippen MR) is 117 cm³/mol. The highest BCUT2D eigenvalue weighted by Crippen LogP contribution is 2.31. The van der Waals surface area contributed by atoms with Gasteiger partial charge in [0.1, 0.15) is 17.1 Å². The van der Waals surface area contributed by atoms with E-state index in [4.69, 9.17) is 0 Å². The number of nitrogens with zero attached hydrogens (tertiary/aromatic N) is 5. The highest BCUT2D eigenvalue weighted by atomic mass is 19.4. The number of alkyl halides is 3. The van der Waals surface area contributed by atoms with Crippen LogP contribution in [0.2, 0.25) is 0 Å². The van der Waals surface area contributed by atoms with Crippen LogP contribution >= 0.6 is 0 Å². The van der Waals surface area contributed by atoms with Crippen molar-refractivity contribution in [1.82, 2.24) is 24.9 Å². The number of carbonyl (C=O) groups excluding carboxylic acids is 1. The molecular weight excluding hydrogens is 450 g/mol. The van der Waals surface area contributed by atoms with E-state index in [0.717, 1.165) is 25.1 Å². The molecule has 180 valence electrons. The smallest absolute Gasteiger partial charge is 0.335 e. The van der Waals surface area contributed by atoms with Crippen LogP contribution in [0.5, 0.6) is 0 Å². The highest BCUT2D eigenvalue weighted by molar-refractivity contribution is 5.98. The number of halogens is 4. The van der Waals surface area contributed by atoms with E-state index in [1.807, 2.05) is 6.92 Å². The number of carbonyl (C=O) groups is 1. The molecule has 1 aliphatic rings. The molecule has 1 fully saturated rings. The van der Waals surface area contributed by atoms with Crippen molar-refractivity contribution in [3.05, 3.63) is 71.1 Å². The number of amides is 1. The lowest BCUT2D eigenvalue weighted by Gasteiger charge is -2.40. The minimum absolute atomic E-state index is 0.0893. The van der Waals surface area contributed by atoms with Gasteiger partial charge in [-0.25, -0.2) is 4.39 Å². The molecular formula is C24H25F4N5O. The molecule has 0 unspecified atom stereocenters. The van der Waals surface area contributed by atoms with Crippen LogP contribution in [0.4, 0.5) is 17.6 Å². The minimum atomic E-state index is -4.44. The molecule has 0 aliphatic carbocycles. The standard InChI is InChI=1S/C24H25F4N5O/c1-15-12-19(25)22(21(13-15)33-30-9-10-31-33)23(34)32-11-3-4-16(2)20(32)8-7-18-6-5-17(14-29-18)24(26,27)28/h5-6,9-10,12-14,16,20H,3-4,7-8,11H2,1-2H3/t16-,20-/m1/s1. The van der Waals surface area contributed by atoms with Crippen LogP contribution in [0.3, 0.4) is 0 Å². The molecule has 1 amide bonds. The second-order valence-electron chi connectivity index (χ2n) is 8.72. The fourth-order valence-corrected chi connectivity index (χ4v) is 4.55. The molecule has 2 atom stereocenters. The molecule has 0 radical (unpaired) electrons. The van der Waals surface area contributed by atoms with Crippen LogP contribution in [-0.2, 0) is 12.6 Å². The first-order chi connectivity index (χ1) is 16.1. The lowest BCUT2D eigenvalue weighted by Crippen LogP contribution is -2.48. The van der Waals surface area contributed by atoms with Crippen molar-refractivity contribution in [2.24, 2.45) is 5.92 Å². The first-order valence-corrected chi connectivity index (χ1v) is 11.1. The number of hydrogen-bond donors (Lipinski definition) is 0. The minimum Gasteiger partial charge on any atom is -0.335 e. The molecule has 0 bridgehead atoms. The Hall–Kier alpha value is -3.30. The summed E-state index contributed by atoms with van der Waals surface area (Å²) in [5, 5.41) is 8.14. The summed E-state index contributed by atoms with van der Waals surface area (Å²) < 4.78 is 53.5. The van der Waals surface area contributed by atoms with E-state index in [0.29, 0.717) is 30.6 Å². The van der Waals surface area contributed by atoms with Crippen molar-refractivity contribution >= 4 is 5.91 Å². The SMILES string of the molecule is Cc1cc(F)c(C(=O)N2CCC[C@@H](C)[C@H]2CCc2ccc(C(F)(F)F)cn2)c(-n2nccn2)c1. The number of likely N-dealkylation sites (tertiary alicyclic amines) is 1.